The fraction of sp³-hybridized carbons (Fsp3) is 0.529. The molecule has 1 amide bonds. The maximum absolute atomic E-state index is 12.8. The van der Waals surface area contributed by atoms with Crippen LogP contribution in [0.4, 0.5) is 0 Å². The number of carbonyl (C=O) groups is 2. The Hall–Kier alpha value is -1.78. The summed E-state index contributed by atoms with van der Waals surface area (Å²) in [7, 11) is 5.89. The predicted molar refractivity (Wildman–Crippen MR) is 84.3 cm³/mol. The number of hydrogen-bond donors (Lipinski definition) is 0. The molecule has 2 radical (unpaired) electrons. The zero-order chi connectivity index (χ0) is 15.9. The van der Waals surface area contributed by atoms with Gasteiger partial charge in [0.05, 0.1) is 0 Å². The van der Waals surface area contributed by atoms with E-state index in [0.29, 0.717) is 17.8 Å². The van der Waals surface area contributed by atoms with Gasteiger partial charge in [-0.05, 0) is 42.6 Å². The van der Waals surface area contributed by atoms with Crippen LogP contribution in [0.5, 0.6) is 0 Å². The molecule has 1 fully saturated rings. The molecule has 1 aromatic rings. The lowest BCUT2D eigenvalue weighted by molar-refractivity contribution is -0.118. The van der Waals surface area contributed by atoms with Crippen LogP contribution in [0.3, 0.4) is 0 Å². The monoisotopic (exact) mass is 295 g/mol. The number of ketones is 1. The van der Waals surface area contributed by atoms with Gasteiger partial charge in [0.2, 0.25) is 0 Å². The van der Waals surface area contributed by atoms with Gasteiger partial charge in [-0.1, -0.05) is 30.6 Å². The van der Waals surface area contributed by atoms with Gasteiger partial charge in [0, 0.05) is 23.1 Å². The highest BCUT2D eigenvalue weighted by Crippen LogP contribution is 2.54. The minimum Gasteiger partial charge on any atom is -0.294 e. The normalized spacial score (nSPS) is 24.9. The highest BCUT2D eigenvalue weighted by Gasteiger charge is 2.48. The van der Waals surface area contributed by atoms with Crippen LogP contribution in [0.15, 0.2) is 23.4 Å². The van der Waals surface area contributed by atoms with E-state index < -0.39 is 5.91 Å². The Bertz CT molecular complexity index is 639. The van der Waals surface area contributed by atoms with Crippen molar-refractivity contribution in [2.45, 2.75) is 38.5 Å². The molecule has 3 unspecified atom stereocenters. The molecule has 112 valence electrons. The van der Waals surface area contributed by atoms with Gasteiger partial charge in [0.25, 0.3) is 5.91 Å². The van der Waals surface area contributed by atoms with E-state index in [-0.39, 0.29) is 30.0 Å². The lowest BCUT2D eigenvalue weighted by Crippen LogP contribution is -2.23. The number of rotatable bonds is 5. The zero-order valence-electron chi connectivity index (χ0n) is 12.6. The first kappa shape index (κ1) is 15.1. The van der Waals surface area contributed by atoms with Crippen molar-refractivity contribution in [2.24, 2.45) is 22.9 Å². The van der Waals surface area contributed by atoms with Crippen molar-refractivity contribution in [3.05, 3.63) is 34.2 Å². The SMILES string of the molecule is [B]c1ccc2c(c1)C(C1CC1)C(C(C)CCC(=O)N=O)C2=O. The van der Waals surface area contributed by atoms with Crippen molar-refractivity contribution in [1.82, 2.24) is 0 Å². The first-order valence-corrected chi connectivity index (χ1v) is 7.82. The molecule has 5 heteroatoms. The molecular formula is C17H18BNO3. The number of benzene rings is 1. The lowest BCUT2D eigenvalue weighted by Gasteiger charge is -2.25. The Morgan fingerprint density at radius 3 is 2.77 bits per heavy atom. The fourth-order valence-electron chi connectivity index (χ4n) is 3.81. The average molecular weight is 295 g/mol. The standard InChI is InChI=1S/C17H18BNO3/c1-9(2-7-14(20)19-22)15-16(10-3-4-10)13-8-11(18)5-6-12(13)17(15)21/h5-6,8-10,15-16H,2-4,7H2,1H3. The Kier molecular flexibility index (Phi) is 3.98. The smallest absolute Gasteiger partial charge is 0.286 e. The summed E-state index contributed by atoms with van der Waals surface area (Å²) in [5.41, 5.74) is 2.54. The van der Waals surface area contributed by atoms with Crippen LogP contribution < -0.4 is 5.46 Å². The van der Waals surface area contributed by atoms with Gasteiger partial charge in [-0.2, -0.15) is 0 Å². The largest absolute Gasteiger partial charge is 0.294 e. The molecule has 0 spiro atoms. The Labute approximate surface area is 131 Å². The van der Waals surface area contributed by atoms with Gasteiger partial charge in [-0.3, -0.25) is 9.59 Å². The van der Waals surface area contributed by atoms with E-state index in [4.69, 9.17) is 7.85 Å². The summed E-state index contributed by atoms with van der Waals surface area (Å²) in [6.45, 7) is 1.99. The summed E-state index contributed by atoms with van der Waals surface area (Å²) < 4.78 is 0. The van der Waals surface area contributed by atoms with E-state index in [0.717, 1.165) is 24.0 Å². The quantitative estimate of drug-likeness (QED) is 0.619. The van der Waals surface area contributed by atoms with E-state index in [2.05, 4.69) is 5.18 Å². The fourth-order valence-corrected chi connectivity index (χ4v) is 3.81. The predicted octanol–water partition coefficient (Wildman–Crippen LogP) is 2.50. The minimum atomic E-state index is -0.637. The molecule has 0 N–H and O–H groups in total. The molecule has 0 bridgehead atoms. The van der Waals surface area contributed by atoms with Crippen molar-refractivity contribution in [3.8, 4) is 0 Å². The highest BCUT2D eigenvalue weighted by atomic mass is 16.3. The first-order valence-electron chi connectivity index (χ1n) is 7.82. The number of amides is 1. The van der Waals surface area contributed by atoms with Gasteiger partial charge in [-0.25, -0.2) is 0 Å². The molecular weight excluding hydrogens is 277 g/mol. The van der Waals surface area contributed by atoms with Gasteiger partial charge in [-0.15, -0.1) is 4.91 Å². The van der Waals surface area contributed by atoms with Gasteiger partial charge >= 0.3 is 0 Å². The molecule has 22 heavy (non-hydrogen) atoms. The molecule has 4 nitrogen and oxygen atoms in total. The van der Waals surface area contributed by atoms with Crippen molar-refractivity contribution in [2.75, 3.05) is 0 Å². The van der Waals surface area contributed by atoms with Crippen molar-refractivity contribution < 1.29 is 9.59 Å². The first-order chi connectivity index (χ1) is 10.5. The second-order valence-corrected chi connectivity index (χ2v) is 6.60. The van der Waals surface area contributed by atoms with Gasteiger partial charge in [0.1, 0.15) is 7.85 Å². The molecule has 3 rings (SSSR count). The molecule has 0 heterocycles. The molecule has 2 aliphatic rings. The minimum absolute atomic E-state index is 0.0532. The Morgan fingerprint density at radius 1 is 1.41 bits per heavy atom. The van der Waals surface area contributed by atoms with Gasteiger partial charge in [0.15, 0.2) is 5.78 Å². The summed E-state index contributed by atoms with van der Waals surface area (Å²) in [6.07, 6.45) is 2.92. The zero-order valence-corrected chi connectivity index (χ0v) is 12.6. The van der Waals surface area contributed by atoms with Crippen LogP contribution in [0.2, 0.25) is 0 Å². The lowest BCUT2D eigenvalue weighted by atomic mass is 9.77. The van der Waals surface area contributed by atoms with Crippen molar-refractivity contribution in [1.29, 1.82) is 0 Å². The van der Waals surface area contributed by atoms with Crippen LogP contribution in [-0.4, -0.2) is 19.5 Å². The summed E-state index contributed by atoms with van der Waals surface area (Å²) in [5, 5.41) is 2.43. The summed E-state index contributed by atoms with van der Waals surface area (Å²) in [4.78, 5) is 34.1. The summed E-state index contributed by atoms with van der Waals surface area (Å²) in [5.74, 6) is 0.216. The maximum atomic E-state index is 12.8. The molecule has 3 atom stereocenters. The van der Waals surface area contributed by atoms with Crippen LogP contribution in [0.1, 0.15) is 54.4 Å². The summed E-state index contributed by atoms with van der Waals surface area (Å²) >= 11 is 0. The third-order valence-electron chi connectivity index (χ3n) is 5.05. The van der Waals surface area contributed by atoms with E-state index in [1.165, 1.54) is 0 Å². The molecule has 1 aromatic carbocycles. The Balaban J connectivity index is 1.86. The topological polar surface area (TPSA) is 63.6 Å². The number of fused-ring (bicyclic) bond motifs is 1. The third kappa shape index (κ3) is 2.64. The van der Waals surface area contributed by atoms with E-state index >= 15 is 0 Å². The average Bonchev–Trinajstić information content (AvgIpc) is 3.29. The van der Waals surface area contributed by atoms with E-state index in [9.17, 15) is 14.5 Å². The van der Waals surface area contributed by atoms with E-state index in [1.54, 1.807) is 6.07 Å². The molecule has 1 saturated carbocycles. The number of nitrogens with zero attached hydrogens (tertiary/aromatic N) is 1. The number of hydrogen-bond acceptors (Lipinski definition) is 3. The molecule has 0 aliphatic heterocycles. The number of nitroso groups, excluding NO2 is 1. The number of carbonyl (C=O) groups excluding carboxylic acids is 2. The van der Waals surface area contributed by atoms with Crippen LogP contribution in [0, 0.1) is 22.7 Å². The second-order valence-electron chi connectivity index (χ2n) is 6.60. The molecule has 2 aliphatic carbocycles. The van der Waals surface area contributed by atoms with Crippen molar-refractivity contribution in [3.63, 3.8) is 0 Å². The maximum Gasteiger partial charge on any atom is 0.286 e. The van der Waals surface area contributed by atoms with Gasteiger partial charge < -0.3 is 0 Å². The van der Waals surface area contributed by atoms with E-state index in [1.807, 2.05) is 19.1 Å². The highest BCUT2D eigenvalue weighted by molar-refractivity contribution is 6.32. The van der Waals surface area contributed by atoms with Crippen LogP contribution in [-0.2, 0) is 4.79 Å². The van der Waals surface area contributed by atoms with Crippen molar-refractivity contribution >= 4 is 25.0 Å². The molecule has 0 aromatic heterocycles. The number of Topliss-reactive ketones (excluding diaryl/α,β-unsaturated/α-hetero) is 1. The second kappa shape index (κ2) is 5.78. The third-order valence-corrected chi connectivity index (χ3v) is 5.05. The summed E-state index contributed by atoms with van der Waals surface area (Å²) in [6, 6.07) is 5.53. The Morgan fingerprint density at radius 2 is 2.14 bits per heavy atom. The van der Waals surface area contributed by atoms with Crippen LogP contribution >= 0.6 is 0 Å². The van der Waals surface area contributed by atoms with Crippen LogP contribution in [0.25, 0.3) is 0 Å². The molecule has 0 saturated heterocycles.